The van der Waals surface area contributed by atoms with Crippen molar-refractivity contribution in [3.8, 4) is 11.1 Å². The molecule has 0 unspecified atom stereocenters. The summed E-state index contributed by atoms with van der Waals surface area (Å²) >= 11 is 0. The van der Waals surface area contributed by atoms with Gasteiger partial charge in [-0.25, -0.2) is 4.98 Å². The van der Waals surface area contributed by atoms with E-state index in [1.807, 2.05) is 4.90 Å². The number of carbonyl (C=O) groups is 1. The molecule has 0 atom stereocenters. The lowest BCUT2D eigenvalue weighted by molar-refractivity contribution is -0.605. The van der Waals surface area contributed by atoms with E-state index < -0.39 is 5.91 Å². The quantitative estimate of drug-likeness (QED) is 0.650. The molecule has 1 amide bonds. The van der Waals surface area contributed by atoms with E-state index in [1.54, 1.807) is 24.4 Å². The summed E-state index contributed by atoms with van der Waals surface area (Å²) in [7, 11) is 0. The smallest absolute Gasteiger partial charge is 0.252 e. The lowest BCUT2D eigenvalue weighted by atomic mass is 10.1. The number of morpholine rings is 1. The second kappa shape index (κ2) is 5.98. The minimum absolute atomic E-state index is 0.373. The van der Waals surface area contributed by atoms with Gasteiger partial charge in [-0.15, -0.1) is 0 Å². The molecule has 0 saturated carbocycles. The second-order valence-corrected chi connectivity index (χ2v) is 5.01. The Morgan fingerprint density at radius 3 is 2.59 bits per heavy atom. The molecule has 7 nitrogen and oxygen atoms in total. The van der Waals surface area contributed by atoms with Gasteiger partial charge in [0.1, 0.15) is 5.82 Å². The molecule has 22 heavy (non-hydrogen) atoms. The van der Waals surface area contributed by atoms with Gasteiger partial charge >= 0.3 is 0 Å². The van der Waals surface area contributed by atoms with Crippen molar-refractivity contribution in [2.75, 3.05) is 31.2 Å². The SMILES string of the molecule is NC(=O)c1cc(-c2cc[n+]([O-])cc2)cnc1N1CCOCC1. The lowest BCUT2D eigenvalue weighted by Gasteiger charge is -2.29. The van der Waals surface area contributed by atoms with Crippen LogP contribution in [0.5, 0.6) is 0 Å². The predicted octanol–water partition coefficient (Wildman–Crippen LogP) is 0.317. The molecule has 3 rings (SSSR count). The van der Waals surface area contributed by atoms with Gasteiger partial charge in [0.15, 0.2) is 12.4 Å². The molecule has 0 spiro atoms. The van der Waals surface area contributed by atoms with Crippen LogP contribution in [0.4, 0.5) is 5.82 Å². The molecule has 0 aromatic carbocycles. The van der Waals surface area contributed by atoms with Crippen LogP contribution in [0.25, 0.3) is 11.1 Å². The Morgan fingerprint density at radius 2 is 1.95 bits per heavy atom. The van der Waals surface area contributed by atoms with Crippen LogP contribution in [0, 0.1) is 5.21 Å². The molecule has 1 fully saturated rings. The van der Waals surface area contributed by atoms with E-state index in [2.05, 4.69) is 4.98 Å². The Kier molecular flexibility index (Phi) is 3.88. The van der Waals surface area contributed by atoms with Crippen molar-refractivity contribution >= 4 is 11.7 Å². The highest BCUT2D eigenvalue weighted by Crippen LogP contribution is 2.25. The van der Waals surface area contributed by atoms with E-state index >= 15 is 0 Å². The van der Waals surface area contributed by atoms with E-state index in [0.29, 0.717) is 42.4 Å². The van der Waals surface area contributed by atoms with Crippen molar-refractivity contribution in [1.82, 2.24) is 4.98 Å². The number of hydrogen-bond donors (Lipinski definition) is 1. The molecule has 1 saturated heterocycles. The fourth-order valence-electron chi connectivity index (χ4n) is 2.43. The third kappa shape index (κ3) is 2.84. The number of hydrogen-bond acceptors (Lipinski definition) is 5. The molecule has 7 heteroatoms. The summed E-state index contributed by atoms with van der Waals surface area (Å²) in [6.07, 6.45) is 4.48. The first-order valence-corrected chi connectivity index (χ1v) is 6.97. The largest absolute Gasteiger partial charge is 0.619 e. The maximum absolute atomic E-state index is 11.8. The van der Waals surface area contributed by atoms with Gasteiger partial charge in [-0.3, -0.25) is 4.79 Å². The molecule has 2 aromatic rings. The van der Waals surface area contributed by atoms with Gasteiger partial charge in [-0.2, -0.15) is 4.73 Å². The number of primary amides is 1. The summed E-state index contributed by atoms with van der Waals surface area (Å²) in [5.74, 6) is 0.0556. The Balaban J connectivity index is 1.99. The van der Waals surface area contributed by atoms with Gasteiger partial charge in [0, 0.05) is 37.0 Å². The predicted molar refractivity (Wildman–Crippen MR) is 80.2 cm³/mol. The summed E-state index contributed by atoms with van der Waals surface area (Å²) in [4.78, 5) is 18.2. The van der Waals surface area contributed by atoms with Crippen molar-refractivity contribution in [2.45, 2.75) is 0 Å². The fourth-order valence-corrected chi connectivity index (χ4v) is 2.43. The average Bonchev–Trinajstić information content (AvgIpc) is 2.56. The van der Waals surface area contributed by atoms with Crippen LogP contribution in [-0.4, -0.2) is 37.2 Å². The van der Waals surface area contributed by atoms with Crippen LogP contribution in [0.1, 0.15) is 10.4 Å². The first-order valence-electron chi connectivity index (χ1n) is 6.97. The number of nitrogens with two attached hydrogens (primary N) is 1. The number of carbonyl (C=O) groups excluding carboxylic acids is 1. The number of ether oxygens (including phenoxy) is 1. The molecule has 0 bridgehead atoms. The summed E-state index contributed by atoms with van der Waals surface area (Å²) in [6.45, 7) is 2.55. The highest BCUT2D eigenvalue weighted by Gasteiger charge is 2.19. The van der Waals surface area contributed by atoms with Gasteiger partial charge in [-0.1, -0.05) is 0 Å². The standard InChI is InChI=1S/C15H16N4O3/c16-14(20)13-9-12(11-1-3-19(21)4-2-11)10-17-15(13)18-5-7-22-8-6-18/h1-4,9-10H,5-8H2,(H2,16,20). The van der Waals surface area contributed by atoms with E-state index in [0.717, 1.165) is 11.1 Å². The minimum atomic E-state index is -0.523. The van der Waals surface area contributed by atoms with E-state index in [1.165, 1.54) is 12.4 Å². The van der Waals surface area contributed by atoms with Gasteiger partial charge < -0.3 is 20.6 Å². The molecule has 2 N–H and O–H groups in total. The van der Waals surface area contributed by atoms with Crippen LogP contribution in [0.15, 0.2) is 36.8 Å². The maximum atomic E-state index is 11.8. The highest BCUT2D eigenvalue weighted by atomic mass is 16.5. The number of nitrogens with zero attached hydrogens (tertiary/aromatic N) is 3. The van der Waals surface area contributed by atoms with Crippen LogP contribution < -0.4 is 15.4 Å². The van der Waals surface area contributed by atoms with Crippen molar-refractivity contribution < 1.29 is 14.3 Å². The molecule has 0 radical (unpaired) electrons. The Bertz CT molecular complexity index is 682. The van der Waals surface area contributed by atoms with Gasteiger partial charge in [0.05, 0.1) is 18.8 Å². The zero-order chi connectivity index (χ0) is 15.5. The summed E-state index contributed by atoms with van der Waals surface area (Å²) < 4.78 is 6.01. The van der Waals surface area contributed by atoms with Crippen molar-refractivity contribution in [1.29, 1.82) is 0 Å². The molecule has 114 valence electrons. The average molecular weight is 300 g/mol. The Labute approximate surface area is 127 Å². The van der Waals surface area contributed by atoms with Gasteiger partial charge in [0.2, 0.25) is 0 Å². The van der Waals surface area contributed by atoms with Crippen LogP contribution in [0.2, 0.25) is 0 Å². The molecule has 0 aliphatic carbocycles. The number of pyridine rings is 2. The van der Waals surface area contributed by atoms with E-state index in [9.17, 15) is 10.0 Å². The molecule has 2 aromatic heterocycles. The van der Waals surface area contributed by atoms with Gasteiger partial charge in [0.25, 0.3) is 5.91 Å². The lowest BCUT2D eigenvalue weighted by Crippen LogP contribution is -2.38. The van der Waals surface area contributed by atoms with Crippen LogP contribution in [0.3, 0.4) is 0 Å². The van der Waals surface area contributed by atoms with Crippen molar-refractivity contribution in [3.63, 3.8) is 0 Å². The molecule has 3 heterocycles. The monoisotopic (exact) mass is 300 g/mol. The van der Waals surface area contributed by atoms with E-state index in [4.69, 9.17) is 10.5 Å². The summed E-state index contributed by atoms with van der Waals surface area (Å²) in [5, 5.41) is 11.1. The molecular formula is C15H16N4O3. The Morgan fingerprint density at radius 1 is 1.27 bits per heavy atom. The topological polar surface area (TPSA) is 95.4 Å². The Hall–Kier alpha value is -2.67. The maximum Gasteiger partial charge on any atom is 0.252 e. The fraction of sp³-hybridized carbons (Fsp3) is 0.267. The number of rotatable bonds is 3. The van der Waals surface area contributed by atoms with Crippen LogP contribution >= 0.6 is 0 Å². The zero-order valence-corrected chi connectivity index (χ0v) is 11.9. The second-order valence-electron chi connectivity index (χ2n) is 5.01. The number of anilines is 1. The normalized spacial score (nSPS) is 14.8. The summed E-state index contributed by atoms with van der Waals surface area (Å²) in [6, 6.07) is 5.05. The zero-order valence-electron chi connectivity index (χ0n) is 11.9. The molecular weight excluding hydrogens is 284 g/mol. The van der Waals surface area contributed by atoms with Crippen molar-refractivity contribution in [3.05, 3.63) is 47.6 Å². The van der Waals surface area contributed by atoms with Crippen molar-refractivity contribution in [2.24, 2.45) is 5.73 Å². The number of aromatic nitrogens is 2. The first kappa shape index (κ1) is 14.3. The highest BCUT2D eigenvalue weighted by molar-refractivity contribution is 5.99. The number of amides is 1. The summed E-state index contributed by atoms with van der Waals surface area (Å²) in [5.41, 5.74) is 7.42. The molecule has 1 aliphatic rings. The van der Waals surface area contributed by atoms with Crippen LogP contribution in [-0.2, 0) is 4.74 Å². The third-order valence-electron chi connectivity index (χ3n) is 3.58. The first-order chi connectivity index (χ1) is 10.6. The minimum Gasteiger partial charge on any atom is -0.619 e. The third-order valence-corrected chi connectivity index (χ3v) is 3.58. The van der Waals surface area contributed by atoms with E-state index in [-0.39, 0.29) is 0 Å². The molecule has 1 aliphatic heterocycles. The van der Waals surface area contributed by atoms with Gasteiger partial charge in [-0.05, 0) is 11.6 Å².